The second-order valence-electron chi connectivity index (χ2n) is 16.3. The summed E-state index contributed by atoms with van der Waals surface area (Å²) in [4.78, 5) is 15.4. The lowest BCUT2D eigenvalue weighted by atomic mass is 9.94. The summed E-state index contributed by atoms with van der Waals surface area (Å²) < 4.78 is 9.32. The number of rotatable bonds is 6. The lowest BCUT2D eigenvalue weighted by Gasteiger charge is -2.11. The maximum absolute atomic E-state index is 6.85. The SMILES string of the molecule is c1ccc(-c2cc(-c3ccccc3)nc(-c3ccc4c(c3)sc3c(-c5ccc(-c6cccc7oc8c(ccc9c(-c%10ccccc%10)nc%10ccccc%10c98)c67)cc5)cccc34)n2)cc1. The van der Waals surface area contributed by atoms with Crippen LogP contribution in [0.2, 0.25) is 0 Å². The summed E-state index contributed by atoms with van der Waals surface area (Å²) in [7, 11) is 0. The van der Waals surface area contributed by atoms with Gasteiger partial charge in [0.05, 0.1) is 22.6 Å². The maximum atomic E-state index is 6.85. The molecule has 0 N–H and O–H groups in total. The van der Waals surface area contributed by atoms with E-state index >= 15 is 0 Å². The average molecular weight is 834 g/mol. The standard InChI is InChI=1S/C59H35N3OS/c1-4-14-38(15-5-1)50-35-51(39-16-6-2-7-17-39)62-59(61-50)41-30-31-44-45-23-12-22-43(58(45)64-53(44)34-41)37-28-26-36(27-29-37)42-21-13-25-52-54(42)48-33-32-47-55(57(48)63-52)46-20-10-11-24-49(46)60-56(47)40-18-8-3-9-19-40/h1-35H. The van der Waals surface area contributed by atoms with E-state index in [4.69, 9.17) is 19.4 Å². The molecule has 5 heteroatoms. The largest absolute Gasteiger partial charge is 0.455 e. The number of fused-ring (bicyclic) bond motifs is 10. The normalized spacial score (nSPS) is 11.8. The molecule has 0 saturated heterocycles. The molecule has 13 aromatic rings. The van der Waals surface area contributed by atoms with Gasteiger partial charge in [-0.3, -0.25) is 0 Å². The Kier molecular flexibility index (Phi) is 8.36. The van der Waals surface area contributed by atoms with Crippen LogP contribution in [0, 0.1) is 0 Å². The Balaban J connectivity index is 0.900. The van der Waals surface area contributed by atoms with Crippen LogP contribution in [0.4, 0.5) is 0 Å². The van der Waals surface area contributed by atoms with Crippen LogP contribution in [-0.2, 0) is 0 Å². The highest BCUT2D eigenvalue weighted by atomic mass is 32.1. The molecule has 0 bridgehead atoms. The maximum Gasteiger partial charge on any atom is 0.160 e. The number of benzene rings is 9. The van der Waals surface area contributed by atoms with Gasteiger partial charge in [0.25, 0.3) is 0 Å². The lowest BCUT2D eigenvalue weighted by Crippen LogP contribution is -1.95. The molecule has 0 aliphatic rings. The van der Waals surface area contributed by atoms with E-state index < -0.39 is 0 Å². The number of furan rings is 1. The predicted octanol–water partition coefficient (Wildman–Crippen LogP) is 16.4. The molecule has 0 atom stereocenters. The molecule has 64 heavy (non-hydrogen) atoms. The first-order valence-corrected chi connectivity index (χ1v) is 22.3. The minimum absolute atomic E-state index is 0.714. The summed E-state index contributed by atoms with van der Waals surface area (Å²) in [6, 6.07) is 74.8. The molecule has 0 amide bonds. The fraction of sp³-hybridized carbons (Fsp3) is 0. The van der Waals surface area contributed by atoms with Crippen molar-refractivity contribution < 1.29 is 4.42 Å². The second kappa shape index (κ2) is 14.7. The number of aromatic nitrogens is 3. The number of pyridine rings is 1. The van der Waals surface area contributed by atoms with Gasteiger partial charge in [0.1, 0.15) is 11.2 Å². The molecule has 4 nitrogen and oxygen atoms in total. The van der Waals surface area contributed by atoms with Gasteiger partial charge in [-0.15, -0.1) is 11.3 Å². The Hall–Kier alpha value is -8.25. The van der Waals surface area contributed by atoms with Crippen molar-refractivity contribution in [2.75, 3.05) is 0 Å². The van der Waals surface area contributed by atoms with Crippen molar-refractivity contribution in [2.45, 2.75) is 0 Å². The van der Waals surface area contributed by atoms with Gasteiger partial charge in [0.15, 0.2) is 5.82 Å². The third-order valence-electron chi connectivity index (χ3n) is 12.5. The number of thiophene rings is 1. The molecule has 0 saturated carbocycles. The summed E-state index contributed by atoms with van der Waals surface area (Å²) in [5.74, 6) is 0.714. The summed E-state index contributed by atoms with van der Waals surface area (Å²) in [6.07, 6.45) is 0. The van der Waals surface area contributed by atoms with Crippen molar-refractivity contribution in [2.24, 2.45) is 0 Å². The Morgan fingerprint density at radius 3 is 1.67 bits per heavy atom. The minimum Gasteiger partial charge on any atom is -0.455 e. The molecule has 13 rings (SSSR count). The van der Waals surface area contributed by atoms with Crippen molar-refractivity contribution in [3.8, 4) is 67.4 Å². The number of nitrogens with zero attached hydrogens (tertiary/aromatic N) is 3. The molecular formula is C59H35N3OS. The van der Waals surface area contributed by atoms with Crippen molar-refractivity contribution in [1.82, 2.24) is 15.0 Å². The fourth-order valence-corrected chi connectivity index (χ4v) is 10.7. The van der Waals surface area contributed by atoms with Crippen LogP contribution < -0.4 is 0 Å². The molecule has 0 fully saturated rings. The third kappa shape index (κ3) is 5.93. The Morgan fingerprint density at radius 2 is 0.938 bits per heavy atom. The van der Waals surface area contributed by atoms with Crippen LogP contribution in [0.3, 0.4) is 0 Å². The van der Waals surface area contributed by atoms with Crippen molar-refractivity contribution >= 4 is 75.1 Å². The van der Waals surface area contributed by atoms with Gasteiger partial charge in [-0.2, -0.15) is 0 Å². The molecule has 0 unspecified atom stereocenters. The van der Waals surface area contributed by atoms with Crippen LogP contribution in [0.15, 0.2) is 217 Å². The number of hydrogen-bond acceptors (Lipinski definition) is 5. The highest BCUT2D eigenvalue weighted by molar-refractivity contribution is 7.26. The van der Waals surface area contributed by atoms with E-state index in [1.165, 1.54) is 31.3 Å². The first-order valence-electron chi connectivity index (χ1n) is 21.5. The number of para-hydroxylation sites is 1. The fourth-order valence-electron chi connectivity index (χ4n) is 9.46. The van der Waals surface area contributed by atoms with E-state index in [0.29, 0.717) is 5.82 Å². The molecule has 4 aromatic heterocycles. The third-order valence-corrected chi connectivity index (χ3v) is 13.7. The summed E-state index contributed by atoms with van der Waals surface area (Å²) in [5.41, 5.74) is 14.4. The van der Waals surface area contributed by atoms with Crippen LogP contribution in [0.5, 0.6) is 0 Å². The number of hydrogen-bond donors (Lipinski definition) is 0. The van der Waals surface area contributed by atoms with Crippen LogP contribution >= 0.6 is 11.3 Å². The summed E-state index contributed by atoms with van der Waals surface area (Å²) in [5, 5.41) is 7.95. The monoisotopic (exact) mass is 833 g/mol. The van der Waals surface area contributed by atoms with E-state index in [1.54, 1.807) is 0 Å². The average Bonchev–Trinajstić information content (AvgIpc) is 3.95. The summed E-state index contributed by atoms with van der Waals surface area (Å²) >= 11 is 1.83. The molecule has 0 aliphatic heterocycles. The Morgan fingerprint density at radius 1 is 0.359 bits per heavy atom. The zero-order valence-electron chi connectivity index (χ0n) is 34.4. The van der Waals surface area contributed by atoms with Crippen LogP contribution in [0.1, 0.15) is 0 Å². The zero-order valence-corrected chi connectivity index (χ0v) is 35.2. The Labute approximate surface area is 372 Å². The quantitative estimate of drug-likeness (QED) is 0.157. The van der Waals surface area contributed by atoms with E-state index in [2.05, 4.69) is 194 Å². The van der Waals surface area contributed by atoms with Gasteiger partial charge >= 0.3 is 0 Å². The van der Waals surface area contributed by atoms with Gasteiger partial charge in [0, 0.05) is 69.4 Å². The van der Waals surface area contributed by atoms with Gasteiger partial charge in [-0.05, 0) is 52.6 Å². The van der Waals surface area contributed by atoms with E-state index in [-0.39, 0.29) is 0 Å². The molecule has 0 spiro atoms. The molecular weight excluding hydrogens is 799 g/mol. The highest BCUT2D eigenvalue weighted by Gasteiger charge is 2.20. The predicted molar refractivity (Wildman–Crippen MR) is 268 cm³/mol. The Bertz CT molecular complexity index is 3880. The van der Waals surface area contributed by atoms with E-state index in [9.17, 15) is 0 Å². The molecule has 4 heterocycles. The first-order chi connectivity index (χ1) is 31.7. The first kappa shape index (κ1) is 36.4. The van der Waals surface area contributed by atoms with Gasteiger partial charge in [-0.1, -0.05) is 182 Å². The van der Waals surface area contributed by atoms with Crippen molar-refractivity contribution in [3.63, 3.8) is 0 Å². The van der Waals surface area contributed by atoms with Gasteiger partial charge in [0.2, 0.25) is 0 Å². The van der Waals surface area contributed by atoms with Gasteiger partial charge < -0.3 is 4.42 Å². The zero-order chi connectivity index (χ0) is 42.1. The molecule has 9 aromatic carbocycles. The molecule has 0 radical (unpaired) electrons. The molecule has 298 valence electrons. The topological polar surface area (TPSA) is 51.8 Å². The minimum atomic E-state index is 0.714. The smallest absolute Gasteiger partial charge is 0.160 e. The second-order valence-corrected chi connectivity index (χ2v) is 17.3. The van der Waals surface area contributed by atoms with Crippen LogP contribution in [0.25, 0.3) is 131 Å². The molecule has 0 aliphatic carbocycles. The van der Waals surface area contributed by atoms with E-state index in [1.807, 2.05) is 29.5 Å². The summed E-state index contributed by atoms with van der Waals surface area (Å²) in [6.45, 7) is 0. The van der Waals surface area contributed by atoms with Crippen molar-refractivity contribution in [1.29, 1.82) is 0 Å². The van der Waals surface area contributed by atoms with Crippen molar-refractivity contribution in [3.05, 3.63) is 212 Å². The van der Waals surface area contributed by atoms with Crippen LogP contribution in [-0.4, -0.2) is 15.0 Å². The van der Waals surface area contributed by atoms with E-state index in [0.717, 1.165) is 94.1 Å². The lowest BCUT2D eigenvalue weighted by molar-refractivity contribution is 0.673. The highest BCUT2D eigenvalue weighted by Crippen LogP contribution is 2.45. The van der Waals surface area contributed by atoms with Gasteiger partial charge in [-0.25, -0.2) is 15.0 Å².